The first-order valence-electron chi connectivity index (χ1n) is 9.06. The van der Waals surface area contributed by atoms with Gasteiger partial charge < -0.3 is 0 Å². The molecule has 0 radical (unpaired) electrons. The van der Waals surface area contributed by atoms with Gasteiger partial charge in [-0.25, -0.2) is 4.68 Å². The summed E-state index contributed by atoms with van der Waals surface area (Å²) in [6.07, 6.45) is 3.05. The van der Waals surface area contributed by atoms with E-state index in [4.69, 9.17) is 23.2 Å². The van der Waals surface area contributed by atoms with Gasteiger partial charge in [-0.15, -0.1) is 16.4 Å². The topological polar surface area (TPSA) is 47.8 Å². The summed E-state index contributed by atoms with van der Waals surface area (Å²) in [4.78, 5) is 15.2. The van der Waals surface area contributed by atoms with Crippen LogP contribution in [0.5, 0.6) is 0 Å². The fourth-order valence-corrected chi connectivity index (χ4v) is 5.48. The zero-order valence-electron chi connectivity index (χ0n) is 15.6. The molecule has 1 aliphatic rings. The molecule has 4 rings (SSSR count). The SMILES string of the molecule is CC(C)(C)[C@@H]1CCc2c(sc3nnn(Cc4ccc(Cl)cc4Cl)c(=O)c23)C1. The van der Waals surface area contributed by atoms with E-state index in [-0.39, 0.29) is 17.5 Å². The monoisotopic (exact) mass is 421 g/mol. The van der Waals surface area contributed by atoms with Gasteiger partial charge in [-0.3, -0.25) is 4.79 Å². The molecule has 3 aromatic rings. The summed E-state index contributed by atoms with van der Waals surface area (Å²) in [6, 6.07) is 5.26. The van der Waals surface area contributed by atoms with Gasteiger partial charge in [-0.2, -0.15) is 0 Å². The van der Waals surface area contributed by atoms with Gasteiger partial charge in [0.2, 0.25) is 0 Å². The Balaban J connectivity index is 1.74. The lowest BCUT2D eigenvalue weighted by atomic mass is 9.72. The van der Waals surface area contributed by atoms with E-state index in [1.54, 1.807) is 23.5 Å². The first kappa shape index (κ1) is 18.9. The van der Waals surface area contributed by atoms with Gasteiger partial charge in [-0.05, 0) is 53.9 Å². The molecule has 0 amide bonds. The summed E-state index contributed by atoms with van der Waals surface area (Å²) in [5.74, 6) is 0.626. The maximum atomic E-state index is 13.1. The number of benzene rings is 1. The van der Waals surface area contributed by atoms with E-state index in [0.717, 1.165) is 35.0 Å². The molecule has 0 N–H and O–H groups in total. The number of fused-ring (bicyclic) bond motifs is 3. The highest BCUT2D eigenvalue weighted by Crippen LogP contribution is 2.41. The fourth-order valence-electron chi connectivity index (χ4n) is 3.78. The third-order valence-corrected chi connectivity index (χ3v) is 7.22. The Morgan fingerprint density at radius 2 is 2.07 bits per heavy atom. The summed E-state index contributed by atoms with van der Waals surface area (Å²) in [5.41, 5.74) is 2.16. The average molecular weight is 422 g/mol. The van der Waals surface area contributed by atoms with Crippen molar-refractivity contribution in [3.63, 3.8) is 0 Å². The normalized spacial score (nSPS) is 17.3. The molecule has 142 valence electrons. The molecule has 0 aliphatic heterocycles. The third kappa shape index (κ3) is 3.53. The third-order valence-electron chi connectivity index (χ3n) is 5.50. The Kier molecular flexibility index (Phi) is 4.81. The molecule has 2 heterocycles. The first-order chi connectivity index (χ1) is 12.7. The fraction of sp³-hybridized carbons (Fsp3) is 0.450. The number of rotatable bonds is 2. The van der Waals surface area contributed by atoms with E-state index in [9.17, 15) is 4.79 Å². The van der Waals surface area contributed by atoms with Crippen molar-refractivity contribution in [2.24, 2.45) is 11.3 Å². The number of halogens is 2. The summed E-state index contributed by atoms with van der Waals surface area (Å²) >= 11 is 13.8. The number of aromatic nitrogens is 3. The van der Waals surface area contributed by atoms with Crippen molar-refractivity contribution in [2.45, 2.75) is 46.6 Å². The molecule has 4 nitrogen and oxygen atoms in total. The van der Waals surface area contributed by atoms with Gasteiger partial charge in [0.25, 0.3) is 5.56 Å². The summed E-state index contributed by atoms with van der Waals surface area (Å²) in [5, 5.41) is 10.3. The minimum absolute atomic E-state index is 0.0854. The molecule has 7 heteroatoms. The van der Waals surface area contributed by atoms with Crippen LogP contribution in [-0.2, 0) is 19.4 Å². The Labute approximate surface area is 172 Å². The average Bonchev–Trinajstić information content (AvgIpc) is 2.97. The Morgan fingerprint density at radius 3 is 2.78 bits per heavy atom. The molecule has 0 saturated heterocycles. The molecule has 0 bridgehead atoms. The smallest absolute Gasteiger partial charge is 0.267 e. The van der Waals surface area contributed by atoms with E-state index >= 15 is 0 Å². The predicted octanol–water partition coefficient (Wildman–Crippen LogP) is 5.36. The lowest BCUT2D eigenvalue weighted by Gasteiger charge is -2.33. The first-order valence-corrected chi connectivity index (χ1v) is 10.6. The minimum Gasteiger partial charge on any atom is -0.267 e. The van der Waals surface area contributed by atoms with Crippen LogP contribution in [0, 0.1) is 11.3 Å². The van der Waals surface area contributed by atoms with Gasteiger partial charge in [0.1, 0.15) is 0 Å². The molecule has 1 aromatic carbocycles. The molecule has 1 atom stereocenters. The number of aryl methyl sites for hydroxylation is 1. The van der Waals surface area contributed by atoms with Crippen molar-refractivity contribution in [1.82, 2.24) is 15.0 Å². The van der Waals surface area contributed by atoms with Gasteiger partial charge in [-0.1, -0.05) is 55.3 Å². The van der Waals surface area contributed by atoms with E-state index in [1.165, 1.54) is 15.1 Å². The minimum atomic E-state index is -0.0854. The maximum absolute atomic E-state index is 13.1. The second kappa shape index (κ2) is 6.87. The van der Waals surface area contributed by atoms with E-state index in [0.29, 0.717) is 16.0 Å². The molecule has 2 aromatic heterocycles. The highest BCUT2D eigenvalue weighted by atomic mass is 35.5. The molecule has 0 saturated carbocycles. The second-order valence-corrected chi connectivity index (χ2v) is 10.2. The van der Waals surface area contributed by atoms with Crippen LogP contribution in [0.4, 0.5) is 0 Å². The molecular formula is C20H21Cl2N3OS. The lowest BCUT2D eigenvalue weighted by Crippen LogP contribution is -2.28. The maximum Gasteiger partial charge on any atom is 0.279 e. The number of nitrogens with zero attached hydrogens (tertiary/aromatic N) is 3. The van der Waals surface area contributed by atoms with Gasteiger partial charge in [0, 0.05) is 14.9 Å². The zero-order valence-corrected chi connectivity index (χ0v) is 17.9. The van der Waals surface area contributed by atoms with Crippen LogP contribution in [0.2, 0.25) is 10.0 Å². The highest BCUT2D eigenvalue weighted by molar-refractivity contribution is 7.18. The molecular weight excluding hydrogens is 401 g/mol. The standard InChI is InChI=1S/C20H21Cl2N3OS/c1-20(2,3)12-5-7-14-16(8-12)27-18-17(14)19(26)25(24-23-18)10-11-4-6-13(21)9-15(11)22/h4,6,9,12H,5,7-8,10H2,1-3H3/t12-/m1/s1. The molecule has 0 fully saturated rings. The van der Waals surface area contributed by atoms with E-state index < -0.39 is 0 Å². The summed E-state index contributed by atoms with van der Waals surface area (Å²) in [7, 11) is 0. The van der Waals surface area contributed by atoms with Crippen LogP contribution in [0.1, 0.15) is 43.2 Å². The van der Waals surface area contributed by atoms with Crippen molar-refractivity contribution >= 4 is 44.8 Å². The van der Waals surface area contributed by atoms with Gasteiger partial charge >= 0.3 is 0 Å². The van der Waals surface area contributed by atoms with Crippen molar-refractivity contribution in [3.8, 4) is 0 Å². The molecule has 0 unspecified atom stereocenters. The predicted molar refractivity (Wildman–Crippen MR) is 112 cm³/mol. The van der Waals surface area contributed by atoms with Crippen LogP contribution >= 0.6 is 34.5 Å². The van der Waals surface area contributed by atoms with Crippen LogP contribution in [0.25, 0.3) is 10.2 Å². The molecule has 0 spiro atoms. The molecule has 27 heavy (non-hydrogen) atoms. The largest absolute Gasteiger partial charge is 0.279 e. The van der Waals surface area contributed by atoms with Crippen LogP contribution in [0.3, 0.4) is 0 Å². The Bertz CT molecular complexity index is 1080. The Morgan fingerprint density at radius 1 is 1.30 bits per heavy atom. The number of hydrogen-bond acceptors (Lipinski definition) is 4. The number of thiophene rings is 1. The van der Waals surface area contributed by atoms with Gasteiger partial charge in [0.05, 0.1) is 11.9 Å². The van der Waals surface area contributed by atoms with Crippen molar-refractivity contribution in [3.05, 3.63) is 54.6 Å². The van der Waals surface area contributed by atoms with Crippen molar-refractivity contribution in [2.75, 3.05) is 0 Å². The van der Waals surface area contributed by atoms with Crippen molar-refractivity contribution in [1.29, 1.82) is 0 Å². The lowest BCUT2D eigenvalue weighted by molar-refractivity contribution is 0.218. The van der Waals surface area contributed by atoms with Gasteiger partial charge in [0.15, 0.2) is 4.83 Å². The van der Waals surface area contributed by atoms with Crippen LogP contribution < -0.4 is 5.56 Å². The second-order valence-electron chi connectivity index (χ2n) is 8.28. The Hall–Kier alpha value is -1.43. The van der Waals surface area contributed by atoms with Crippen LogP contribution in [0.15, 0.2) is 23.0 Å². The molecule has 1 aliphatic carbocycles. The highest BCUT2D eigenvalue weighted by Gasteiger charge is 2.31. The van der Waals surface area contributed by atoms with E-state index in [2.05, 4.69) is 31.1 Å². The van der Waals surface area contributed by atoms with Crippen LogP contribution in [-0.4, -0.2) is 15.0 Å². The van der Waals surface area contributed by atoms with Crippen molar-refractivity contribution < 1.29 is 0 Å². The summed E-state index contributed by atoms with van der Waals surface area (Å²) < 4.78 is 1.40. The number of hydrogen-bond donors (Lipinski definition) is 0. The quantitative estimate of drug-likeness (QED) is 0.559. The summed E-state index contributed by atoms with van der Waals surface area (Å²) in [6.45, 7) is 7.16. The zero-order chi connectivity index (χ0) is 19.3. The van der Waals surface area contributed by atoms with E-state index in [1.807, 2.05) is 6.07 Å².